The second-order valence-electron chi connectivity index (χ2n) is 7.26. The van der Waals surface area contributed by atoms with Gasteiger partial charge in [-0.2, -0.15) is 0 Å². The van der Waals surface area contributed by atoms with Crippen LogP contribution in [-0.2, 0) is 9.53 Å². The highest BCUT2D eigenvalue weighted by molar-refractivity contribution is 7.99. The molecule has 0 radical (unpaired) electrons. The first-order valence-electron chi connectivity index (χ1n) is 9.68. The molecule has 0 unspecified atom stereocenters. The van der Waals surface area contributed by atoms with Gasteiger partial charge in [-0.25, -0.2) is 0 Å². The largest absolute Gasteiger partial charge is 0.466 e. The third-order valence-electron chi connectivity index (χ3n) is 5.74. The van der Waals surface area contributed by atoms with Crippen molar-refractivity contribution in [3.8, 4) is 0 Å². The summed E-state index contributed by atoms with van der Waals surface area (Å²) in [5, 5.41) is 0. The van der Waals surface area contributed by atoms with Crippen LogP contribution in [0.1, 0.15) is 44.1 Å². The fraction of sp³-hybridized carbons (Fsp3) is 0.650. The number of hydrogen-bond acceptors (Lipinski definition) is 5. The summed E-state index contributed by atoms with van der Waals surface area (Å²) in [4.78, 5) is 18.3. The Labute approximate surface area is 154 Å². The van der Waals surface area contributed by atoms with E-state index in [4.69, 9.17) is 4.74 Å². The molecule has 2 atom stereocenters. The number of para-hydroxylation sites is 1. The van der Waals surface area contributed by atoms with Gasteiger partial charge < -0.3 is 14.5 Å². The standard InChI is InChI=1S/C20H28N2O2S/c1-2-24-19(23)8-4-10-21-12-9-17-16(14-21)15-6-3-7-18-20(15)22(17)11-5-13-25-18/h3,6-7,16-17H,2,4-5,8-14H2,1H3/t16-,17-/m0/s1. The molecule has 1 aromatic carbocycles. The van der Waals surface area contributed by atoms with Crippen LogP contribution < -0.4 is 4.90 Å². The molecule has 0 spiro atoms. The molecule has 0 amide bonds. The summed E-state index contributed by atoms with van der Waals surface area (Å²) in [5.41, 5.74) is 3.10. The van der Waals surface area contributed by atoms with E-state index >= 15 is 0 Å². The molecule has 1 aromatic rings. The van der Waals surface area contributed by atoms with E-state index < -0.39 is 0 Å². The highest BCUT2D eigenvalue weighted by atomic mass is 32.2. The molecule has 4 rings (SSSR count). The zero-order chi connectivity index (χ0) is 17.2. The lowest BCUT2D eigenvalue weighted by Crippen LogP contribution is -2.46. The van der Waals surface area contributed by atoms with Crippen molar-refractivity contribution in [3.63, 3.8) is 0 Å². The number of anilines is 1. The molecule has 5 heteroatoms. The highest BCUT2D eigenvalue weighted by Crippen LogP contribution is 2.50. The number of hydrogen-bond donors (Lipinski definition) is 0. The van der Waals surface area contributed by atoms with Gasteiger partial charge in [0.1, 0.15) is 0 Å². The maximum Gasteiger partial charge on any atom is 0.305 e. The molecule has 0 N–H and O–H groups in total. The predicted octanol–water partition coefficient (Wildman–Crippen LogP) is 3.50. The molecule has 4 nitrogen and oxygen atoms in total. The first kappa shape index (κ1) is 17.2. The van der Waals surface area contributed by atoms with Crippen molar-refractivity contribution in [2.75, 3.05) is 43.4 Å². The first-order chi connectivity index (χ1) is 12.3. The molecule has 0 aliphatic carbocycles. The minimum Gasteiger partial charge on any atom is -0.466 e. The Morgan fingerprint density at radius 2 is 2.28 bits per heavy atom. The minimum absolute atomic E-state index is 0.0569. The lowest BCUT2D eigenvalue weighted by Gasteiger charge is -2.39. The molecule has 3 heterocycles. The summed E-state index contributed by atoms with van der Waals surface area (Å²) in [6.07, 6.45) is 3.97. The van der Waals surface area contributed by atoms with Gasteiger partial charge in [-0.05, 0) is 50.1 Å². The summed E-state index contributed by atoms with van der Waals surface area (Å²) in [7, 11) is 0. The highest BCUT2D eigenvalue weighted by Gasteiger charge is 2.43. The number of likely N-dealkylation sites (tertiary alicyclic amines) is 1. The van der Waals surface area contributed by atoms with Gasteiger partial charge in [0, 0.05) is 42.9 Å². The number of piperidine rings is 1. The molecular weight excluding hydrogens is 332 g/mol. The fourth-order valence-electron chi connectivity index (χ4n) is 4.69. The van der Waals surface area contributed by atoms with Gasteiger partial charge in [0.25, 0.3) is 0 Å². The summed E-state index contributed by atoms with van der Waals surface area (Å²) >= 11 is 2.03. The van der Waals surface area contributed by atoms with Crippen molar-refractivity contribution in [2.24, 2.45) is 0 Å². The Morgan fingerprint density at radius 3 is 3.16 bits per heavy atom. The molecule has 0 bridgehead atoms. The van der Waals surface area contributed by atoms with Crippen LogP contribution in [0.5, 0.6) is 0 Å². The monoisotopic (exact) mass is 360 g/mol. The number of thioether (sulfide) groups is 1. The number of rotatable bonds is 5. The molecule has 136 valence electrons. The summed E-state index contributed by atoms with van der Waals surface area (Å²) < 4.78 is 5.04. The molecule has 3 aliphatic heterocycles. The predicted molar refractivity (Wildman–Crippen MR) is 103 cm³/mol. The van der Waals surface area contributed by atoms with Crippen molar-refractivity contribution in [1.82, 2.24) is 4.90 Å². The van der Waals surface area contributed by atoms with E-state index in [0.717, 1.165) is 26.1 Å². The molecule has 1 fully saturated rings. The van der Waals surface area contributed by atoms with Crippen LogP contribution in [0.25, 0.3) is 0 Å². The van der Waals surface area contributed by atoms with Crippen molar-refractivity contribution in [3.05, 3.63) is 23.8 Å². The van der Waals surface area contributed by atoms with E-state index in [9.17, 15) is 4.79 Å². The van der Waals surface area contributed by atoms with E-state index in [1.54, 1.807) is 5.56 Å². The molecular formula is C20H28N2O2S. The number of ether oxygens (including phenoxy) is 1. The van der Waals surface area contributed by atoms with Gasteiger partial charge in [-0.3, -0.25) is 4.79 Å². The zero-order valence-electron chi connectivity index (χ0n) is 15.1. The second-order valence-corrected chi connectivity index (χ2v) is 8.40. The zero-order valence-corrected chi connectivity index (χ0v) is 15.9. The number of carbonyl (C=O) groups is 1. The van der Waals surface area contributed by atoms with E-state index in [-0.39, 0.29) is 5.97 Å². The Balaban J connectivity index is 1.43. The van der Waals surface area contributed by atoms with Crippen molar-refractivity contribution < 1.29 is 9.53 Å². The van der Waals surface area contributed by atoms with Gasteiger partial charge >= 0.3 is 5.97 Å². The molecule has 3 aliphatic rings. The maximum absolute atomic E-state index is 11.5. The molecule has 0 aromatic heterocycles. The molecule has 25 heavy (non-hydrogen) atoms. The van der Waals surface area contributed by atoms with Crippen LogP contribution in [0.15, 0.2) is 23.1 Å². The van der Waals surface area contributed by atoms with Crippen molar-refractivity contribution in [2.45, 2.75) is 49.5 Å². The summed E-state index contributed by atoms with van der Waals surface area (Å²) in [5.74, 6) is 1.81. The Kier molecular flexibility index (Phi) is 5.23. The van der Waals surface area contributed by atoms with Crippen LogP contribution in [0.3, 0.4) is 0 Å². The lowest BCUT2D eigenvalue weighted by atomic mass is 9.89. The normalized spacial score (nSPS) is 25.2. The second kappa shape index (κ2) is 7.58. The van der Waals surface area contributed by atoms with Gasteiger partial charge in [-0.15, -0.1) is 11.8 Å². The average molecular weight is 361 g/mol. The number of nitrogens with zero attached hydrogens (tertiary/aromatic N) is 2. The third kappa shape index (κ3) is 3.41. The fourth-order valence-corrected chi connectivity index (χ4v) is 5.73. The molecule has 1 saturated heterocycles. The number of benzene rings is 1. The quantitative estimate of drug-likeness (QED) is 0.751. The van der Waals surface area contributed by atoms with Crippen LogP contribution in [0.4, 0.5) is 5.69 Å². The lowest BCUT2D eigenvalue weighted by molar-refractivity contribution is -0.143. The van der Waals surface area contributed by atoms with E-state index in [0.29, 0.717) is 25.0 Å². The van der Waals surface area contributed by atoms with Crippen LogP contribution >= 0.6 is 11.8 Å². The van der Waals surface area contributed by atoms with Crippen molar-refractivity contribution in [1.29, 1.82) is 0 Å². The Morgan fingerprint density at radius 1 is 1.36 bits per heavy atom. The van der Waals surface area contributed by atoms with Crippen LogP contribution in [0, 0.1) is 0 Å². The topological polar surface area (TPSA) is 32.8 Å². The van der Waals surface area contributed by atoms with Crippen LogP contribution in [0.2, 0.25) is 0 Å². The summed E-state index contributed by atoms with van der Waals surface area (Å²) in [6.45, 7) is 6.85. The Bertz CT molecular complexity index is 636. The van der Waals surface area contributed by atoms with E-state index in [2.05, 4.69) is 28.0 Å². The SMILES string of the molecule is CCOC(=O)CCCN1CC[C@H]2[C@@H](C1)c1cccc3c1N2CCCS3. The molecule has 0 saturated carbocycles. The van der Waals surface area contributed by atoms with Gasteiger partial charge in [0.2, 0.25) is 0 Å². The van der Waals surface area contributed by atoms with E-state index in [1.165, 1.54) is 35.7 Å². The maximum atomic E-state index is 11.5. The van der Waals surface area contributed by atoms with Gasteiger partial charge in [0.15, 0.2) is 0 Å². The van der Waals surface area contributed by atoms with E-state index in [1.807, 2.05) is 18.7 Å². The number of esters is 1. The summed E-state index contributed by atoms with van der Waals surface area (Å²) in [6, 6.07) is 7.57. The number of fused-ring (bicyclic) bond motifs is 3. The average Bonchev–Trinajstić information content (AvgIpc) is 2.77. The third-order valence-corrected chi connectivity index (χ3v) is 6.87. The smallest absolute Gasteiger partial charge is 0.305 e. The first-order valence-corrected chi connectivity index (χ1v) is 10.7. The van der Waals surface area contributed by atoms with Gasteiger partial charge in [-0.1, -0.05) is 12.1 Å². The number of carbonyl (C=O) groups excluding carboxylic acids is 1. The van der Waals surface area contributed by atoms with Crippen molar-refractivity contribution >= 4 is 23.4 Å². The van der Waals surface area contributed by atoms with Gasteiger partial charge in [0.05, 0.1) is 12.3 Å². The Hall–Kier alpha value is -1.20. The van der Waals surface area contributed by atoms with Crippen LogP contribution in [-0.4, -0.2) is 55.4 Å². The minimum atomic E-state index is -0.0569.